The first-order valence-corrected chi connectivity index (χ1v) is 5.54. The van der Waals surface area contributed by atoms with Gasteiger partial charge >= 0.3 is 5.97 Å². The molecule has 1 atom stereocenters. The van der Waals surface area contributed by atoms with E-state index in [-0.39, 0.29) is 12.2 Å². The van der Waals surface area contributed by atoms with Crippen LogP contribution in [0.3, 0.4) is 0 Å². The number of aliphatic carboxylic acids is 1. The van der Waals surface area contributed by atoms with Crippen LogP contribution in [-0.2, 0) is 4.79 Å². The fourth-order valence-electron chi connectivity index (χ4n) is 1.65. The van der Waals surface area contributed by atoms with Crippen LogP contribution in [-0.4, -0.2) is 30.1 Å². The number of carbonyl (C=O) groups is 1. The molecule has 0 spiro atoms. The number of halogens is 2. The molecule has 5 heteroatoms. The first-order valence-electron chi connectivity index (χ1n) is 5.16. The lowest BCUT2D eigenvalue weighted by molar-refractivity contribution is -0.138. The van der Waals surface area contributed by atoms with Gasteiger partial charge in [0.25, 0.3) is 0 Å². The van der Waals surface area contributed by atoms with Crippen LogP contribution in [0.25, 0.3) is 0 Å². The van der Waals surface area contributed by atoms with Crippen LogP contribution in [0.5, 0.6) is 0 Å². The van der Waals surface area contributed by atoms with Crippen LogP contribution >= 0.6 is 11.6 Å². The van der Waals surface area contributed by atoms with Crippen molar-refractivity contribution in [2.24, 2.45) is 0 Å². The Balaban J connectivity index is 3.18. The Morgan fingerprint density at radius 2 is 2.12 bits per heavy atom. The summed E-state index contributed by atoms with van der Waals surface area (Å²) >= 11 is 6.04. The minimum Gasteiger partial charge on any atom is -0.481 e. The van der Waals surface area contributed by atoms with Gasteiger partial charge < -0.3 is 10.0 Å². The van der Waals surface area contributed by atoms with Crippen molar-refractivity contribution in [1.29, 1.82) is 0 Å². The summed E-state index contributed by atoms with van der Waals surface area (Å²) < 4.78 is 13.5. The van der Waals surface area contributed by atoms with Gasteiger partial charge in [0.2, 0.25) is 0 Å². The standard InChI is InChI=1S/C12H15ClFNO2/c1-7-4-9(13)8(5-10(7)14)11(15(2)3)6-12(16)17/h4-5,11H,6H2,1-3H3,(H,16,17). The Bertz CT molecular complexity index is 435. The Hall–Kier alpha value is -1.13. The smallest absolute Gasteiger partial charge is 0.305 e. The van der Waals surface area contributed by atoms with Crippen molar-refractivity contribution in [2.45, 2.75) is 19.4 Å². The summed E-state index contributed by atoms with van der Waals surface area (Å²) in [4.78, 5) is 12.5. The van der Waals surface area contributed by atoms with Crippen LogP contribution in [0.1, 0.15) is 23.6 Å². The van der Waals surface area contributed by atoms with Crippen LogP contribution in [0.2, 0.25) is 5.02 Å². The van der Waals surface area contributed by atoms with E-state index in [2.05, 4.69) is 0 Å². The van der Waals surface area contributed by atoms with Crippen LogP contribution in [0.15, 0.2) is 12.1 Å². The highest BCUT2D eigenvalue weighted by atomic mass is 35.5. The van der Waals surface area contributed by atoms with Gasteiger partial charge in [-0.1, -0.05) is 11.6 Å². The number of nitrogens with zero attached hydrogens (tertiary/aromatic N) is 1. The van der Waals surface area contributed by atoms with Gasteiger partial charge in [-0.3, -0.25) is 4.79 Å². The lowest BCUT2D eigenvalue weighted by atomic mass is 10.0. The number of carboxylic acid groups (broad SMARTS) is 1. The molecule has 94 valence electrons. The zero-order valence-corrected chi connectivity index (χ0v) is 10.8. The summed E-state index contributed by atoms with van der Waals surface area (Å²) in [5.41, 5.74) is 0.953. The molecule has 1 unspecified atom stereocenters. The zero-order chi connectivity index (χ0) is 13.2. The van der Waals surface area contributed by atoms with Crippen molar-refractivity contribution < 1.29 is 14.3 Å². The van der Waals surface area contributed by atoms with E-state index in [1.165, 1.54) is 12.1 Å². The third-order valence-electron chi connectivity index (χ3n) is 2.63. The lowest BCUT2D eigenvalue weighted by Crippen LogP contribution is -2.23. The van der Waals surface area contributed by atoms with Crippen molar-refractivity contribution in [2.75, 3.05) is 14.1 Å². The average molecular weight is 260 g/mol. The molecule has 0 heterocycles. The Morgan fingerprint density at radius 1 is 1.53 bits per heavy atom. The SMILES string of the molecule is Cc1cc(Cl)c(C(CC(=O)O)N(C)C)cc1F. The molecule has 0 aliphatic heterocycles. The minimum atomic E-state index is -0.944. The topological polar surface area (TPSA) is 40.5 Å². The van der Waals surface area contributed by atoms with E-state index < -0.39 is 12.0 Å². The molecule has 0 bridgehead atoms. The van der Waals surface area contributed by atoms with Gasteiger partial charge in [0.05, 0.1) is 6.42 Å². The summed E-state index contributed by atoms with van der Waals surface area (Å²) in [6.45, 7) is 1.62. The van der Waals surface area contributed by atoms with Crippen molar-refractivity contribution in [1.82, 2.24) is 4.90 Å². The molecule has 1 aromatic rings. The molecule has 0 amide bonds. The van der Waals surface area contributed by atoms with Crippen LogP contribution in [0, 0.1) is 12.7 Å². The van der Waals surface area contributed by atoms with E-state index >= 15 is 0 Å². The lowest BCUT2D eigenvalue weighted by Gasteiger charge is -2.24. The molecule has 17 heavy (non-hydrogen) atoms. The Labute approximate surface area is 105 Å². The number of aryl methyl sites for hydroxylation is 1. The second-order valence-corrected chi connectivity index (χ2v) is 4.61. The molecule has 0 saturated carbocycles. The quantitative estimate of drug-likeness (QED) is 0.904. The maximum absolute atomic E-state index is 13.5. The number of carboxylic acids is 1. The van der Waals surface area contributed by atoms with Crippen molar-refractivity contribution in [3.8, 4) is 0 Å². The fraction of sp³-hybridized carbons (Fsp3) is 0.417. The van der Waals surface area contributed by atoms with Crippen molar-refractivity contribution >= 4 is 17.6 Å². The highest BCUT2D eigenvalue weighted by molar-refractivity contribution is 6.31. The van der Waals surface area contributed by atoms with Gasteiger partial charge in [-0.2, -0.15) is 0 Å². The monoisotopic (exact) mass is 259 g/mol. The Kier molecular flexibility index (Phi) is 4.48. The molecular formula is C12H15ClFNO2. The summed E-state index contributed by atoms with van der Waals surface area (Å²) in [6.07, 6.45) is -0.116. The summed E-state index contributed by atoms with van der Waals surface area (Å²) in [5.74, 6) is -1.32. The minimum absolute atomic E-state index is 0.116. The second-order valence-electron chi connectivity index (χ2n) is 4.20. The molecule has 1 rings (SSSR count). The van der Waals surface area contributed by atoms with Crippen molar-refractivity contribution in [3.63, 3.8) is 0 Å². The summed E-state index contributed by atoms with van der Waals surface area (Å²) in [7, 11) is 3.48. The molecule has 0 saturated heterocycles. The first-order chi connectivity index (χ1) is 7.82. The van der Waals surface area contributed by atoms with E-state index in [4.69, 9.17) is 16.7 Å². The maximum Gasteiger partial charge on any atom is 0.305 e. The number of benzene rings is 1. The number of hydrogen-bond donors (Lipinski definition) is 1. The molecule has 0 aliphatic carbocycles. The number of hydrogen-bond acceptors (Lipinski definition) is 2. The molecule has 1 N–H and O–H groups in total. The molecule has 0 fully saturated rings. The van der Waals surface area contributed by atoms with E-state index in [1.807, 2.05) is 0 Å². The van der Waals surface area contributed by atoms with Crippen molar-refractivity contribution in [3.05, 3.63) is 34.1 Å². The summed E-state index contributed by atoms with van der Waals surface area (Å²) in [5, 5.41) is 9.24. The molecular weight excluding hydrogens is 245 g/mol. The molecule has 0 aromatic heterocycles. The average Bonchev–Trinajstić information content (AvgIpc) is 2.20. The van der Waals surface area contributed by atoms with Gasteiger partial charge in [0.1, 0.15) is 5.82 Å². The van der Waals surface area contributed by atoms with Gasteiger partial charge in [-0.15, -0.1) is 0 Å². The predicted octanol–water partition coefficient (Wildman–Crippen LogP) is 2.86. The third kappa shape index (κ3) is 3.41. The zero-order valence-electron chi connectivity index (χ0n) is 10.00. The van der Waals surface area contributed by atoms with Gasteiger partial charge in [-0.25, -0.2) is 4.39 Å². The fourth-order valence-corrected chi connectivity index (χ4v) is 2.00. The normalized spacial score (nSPS) is 12.8. The largest absolute Gasteiger partial charge is 0.481 e. The van der Waals surface area contributed by atoms with E-state index in [0.717, 1.165) is 0 Å². The third-order valence-corrected chi connectivity index (χ3v) is 2.96. The first kappa shape index (κ1) is 13.9. The summed E-state index contributed by atoms with van der Waals surface area (Å²) in [6, 6.07) is 2.39. The van der Waals surface area contributed by atoms with Gasteiger partial charge in [-0.05, 0) is 44.3 Å². The van der Waals surface area contributed by atoms with Crippen LogP contribution < -0.4 is 0 Å². The molecule has 3 nitrogen and oxygen atoms in total. The highest BCUT2D eigenvalue weighted by Gasteiger charge is 2.21. The highest BCUT2D eigenvalue weighted by Crippen LogP contribution is 2.30. The van der Waals surface area contributed by atoms with E-state index in [1.54, 1.807) is 25.9 Å². The van der Waals surface area contributed by atoms with E-state index in [9.17, 15) is 9.18 Å². The molecule has 1 aromatic carbocycles. The van der Waals surface area contributed by atoms with E-state index in [0.29, 0.717) is 16.1 Å². The molecule has 0 aliphatic rings. The Morgan fingerprint density at radius 3 is 2.59 bits per heavy atom. The van der Waals surface area contributed by atoms with Gasteiger partial charge in [0, 0.05) is 11.1 Å². The van der Waals surface area contributed by atoms with Gasteiger partial charge in [0.15, 0.2) is 0 Å². The second kappa shape index (κ2) is 5.47. The number of rotatable bonds is 4. The molecule has 0 radical (unpaired) electrons. The maximum atomic E-state index is 13.5. The predicted molar refractivity (Wildman–Crippen MR) is 64.8 cm³/mol. The van der Waals surface area contributed by atoms with Crippen LogP contribution in [0.4, 0.5) is 4.39 Å².